The van der Waals surface area contributed by atoms with Crippen molar-refractivity contribution in [3.63, 3.8) is 0 Å². The summed E-state index contributed by atoms with van der Waals surface area (Å²) in [5.41, 5.74) is 2.23. The van der Waals surface area contributed by atoms with Gasteiger partial charge in [-0.25, -0.2) is 4.79 Å². The Morgan fingerprint density at radius 2 is 1.75 bits per heavy atom. The average Bonchev–Trinajstić information content (AvgIpc) is 3.21. The van der Waals surface area contributed by atoms with E-state index >= 15 is 0 Å². The molecular weight excluding hydrogens is 376 g/mol. The quantitative estimate of drug-likeness (QED) is 0.676. The van der Waals surface area contributed by atoms with Gasteiger partial charge in [0.2, 0.25) is 5.91 Å². The lowest BCUT2D eigenvalue weighted by atomic mass is 10.0. The van der Waals surface area contributed by atoms with E-state index in [9.17, 15) is 9.59 Å². The van der Waals surface area contributed by atoms with E-state index in [4.69, 9.17) is 0 Å². The van der Waals surface area contributed by atoms with Gasteiger partial charge in [0, 0.05) is 32.7 Å². The van der Waals surface area contributed by atoms with Crippen molar-refractivity contribution in [2.45, 2.75) is 39.8 Å². The molecule has 28 heavy (non-hydrogen) atoms. The van der Waals surface area contributed by atoms with Gasteiger partial charge in [-0.1, -0.05) is 43.7 Å². The monoisotopic (exact) mass is 408 g/mol. The smallest absolute Gasteiger partial charge is 0.315 e. The Hall–Kier alpha value is -1.79. The molecule has 1 aromatic rings. The van der Waals surface area contributed by atoms with Crippen LogP contribution in [-0.4, -0.2) is 49.1 Å². The number of carbonyl (C=O) groups excluding carboxylic acids is 2. The molecule has 0 saturated carbocycles. The van der Waals surface area contributed by atoms with Crippen LogP contribution in [0.2, 0.25) is 0 Å². The fraction of sp³-hybridized carbons (Fsp3) is 0.619. The molecule has 0 spiro atoms. The minimum Gasteiger partial charge on any atom is -0.340 e. The third kappa shape index (κ3) is 5.85. The van der Waals surface area contributed by atoms with Gasteiger partial charge in [-0.2, -0.15) is 0 Å². The first-order valence-corrected chi connectivity index (χ1v) is 10.0. The van der Waals surface area contributed by atoms with Crippen LogP contribution in [-0.2, 0) is 11.3 Å². The number of likely N-dealkylation sites (tertiary alicyclic amines) is 1. The zero-order valence-electron chi connectivity index (χ0n) is 17.0. The lowest BCUT2D eigenvalue weighted by Gasteiger charge is -2.26. The summed E-state index contributed by atoms with van der Waals surface area (Å²) >= 11 is 0. The molecule has 2 fully saturated rings. The molecule has 1 aromatic carbocycles. The molecule has 0 aromatic heterocycles. The van der Waals surface area contributed by atoms with Crippen molar-refractivity contribution in [3.8, 4) is 0 Å². The van der Waals surface area contributed by atoms with E-state index < -0.39 is 6.04 Å². The second-order valence-corrected chi connectivity index (χ2v) is 8.42. The molecule has 3 rings (SSSR count). The molecule has 156 valence electrons. The minimum atomic E-state index is -0.463. The number of carbonyl (C=O) groups is 2. The highest BCUT2D eigenvalue weighted by atomic mass is 35.5. The van der Waals surface area contributed by atoms with E-state index in [1.54, 1.807) is 0 Å². The molecule has 3 amide bonds. The molecule has 2 heterocycles. The van der Waals surface area contributed by atoms with E-state index in [0.717, 1.165) is 31.7 Å². The Morgan fingerprint density at radius 1 is 1.14 bits per heavy atom. The molecule has 0 aliphatic carbocycles. The van der Waals surface area contributed by atoms with Crippen molar-refractivity contribution in [3.05, 3.63) is 35.4 Å². The first-order chi connectivity index (χ1) is 12.9. The zero-order chi connectivity index (χ0) is 19.4. The van der Waals surface area contributed by atoms with Crippen molar-refractivity contribution < 1.29 is 9.59 Å². The van der Waals surface area contributed by atoms with Crippen LogP contribution >= 0.6 is 12.4 Å². The van der Waals surface area contributed by atoms with Gasteiger partial charge in [0.05, 0.1) is 0 Å². The molecule has 6 nitrogen and oxygen atoms in total. The summed E-state index contributed by atoms with van der Waals surface area (Å²) in [6.45, 7) is 10.2. The van der Waals surface area contributed by atoms with Crippen molar-refractivity contribution in [2.24, 2.45) is 17.8 Å². The number of halogens is 1. The van der Waals surface area contributed by atoms with Crippen molar-refractivity contribution in [2.75, 3.05) is 26.2 Å². The Bertz CT molecular complexity index is 653. The number of amides is 3. The van der Waals surface area contributed by atoms with Crippen LogP contribution in [0, 0.1) is 24.7 Å². The number of hydrogen-bond donors (Lipinski definition) is 3. The summed E-state index contributed by atoms with van der Waals surface area (Å²) in [5, 5.41) is 9.19. The van der Waals surface area contributed by atoms with E-state index in [2.05, 4.69) is 29.8 Å². The van der Waals surface area contributed by atoms with Gasteiger partial charge in [0.25, 0.3) is 0 Å². The highest BCUT2D eigenvalue weighted by molar-refractivity contribution is 5.87. The first-order valence-electron chi connectivity index (χ1n) is 10.0. The zero-order valence-corrected chi connectivity index (χ0v) is 17.8. The molecule has 3 N–H and O–H groups in total. The molecule has 1 unspecified atom stereocenters. The number of aryl methyl sites for hydroxylation is 1. The molecular formula is C21H33ClN4O2. The highest BCUT2D eigenvalue weighted by Crippen LogP contribution is 2.27. The molecule has 7 heteroatoms. The number of nitrogens with one attached hydrogen (secondary N) is 3. The van der Waals surface area contributed by atoms with Gasteiger partial charge in [-0.15, -0.1) is 12.4 Å². The third-order valence-corrected chi connectivity index (χ3v) is 5.59. The molecule has 2 saturated heterocycles. The van der Waals surface area contributed by atoms with Crippen LogP contribution < -0.4 is 16.0 Å². The Labute approximate surface area is 174 Å². The lowest BCUT2D eigenvalue weighted by molar-refractivity contribution is -0.132. The van der Waals surface area contributed by atoms with Crippen LogP contribution in [0.3, 0.4) is 0 Å². The topological polar surface area (TPSA) is 73.5 Å². The fourth-order valence-corrected chi connectivity index (χ4v) is 4.05. The molecule has 2 aliphatic heterocycles. The summed E-state index contributed by atoms with van der Waals surface area (Å²) in [5.74, 6) is 1.51. The van der Waals surface area contributed by atoms with Gasteiger partial charge in [-0.3, -0.25) is 4.79 Å². The van der Waals surface area contributed by atoms with Gasteiger partial charge >= 0.3 is 6.03 Å². The number of nitrogens with zero attached hydrogens (tertiary/aromatic N) is 1. The number of hydrogen-bond acceptors (Lipinski definition) is 3. The van der Waals surface area contributed by atoms with Crippen LogP contribution in [0.15, 0.2) is 24.3 Å². The number of urea groups is 1. The molecule has 0 radical (unpaired) electrons. The maximum atomic E-state index is 13.0. The number of rotatable bonds is 6. The Morgan fingerprint density at radius 3 is 2.32 bits per heavy atom. The highest BCUT2D eigenvalue weighted by Gasteiger charge is 2.40. The van der Waals surface area contributed by atoms with Crippen molar-refractivity contribution in [1.82, 2.24) is 20.9 Å². The van der Waals surface area contributed by atoms with E-state index in [-0.39, 0.29) is 24.3 Å². The molecule has 2 aliphatic rings. The van der Waals surface area contributed by atoms with Gasteiger partial charge in [0.1, 0.15) is 6.04 Å². The maximum absolute atomic E-state index is 13.0. The van der Waals surface area contributed by atoms with Crippen LogP contribution in [0.25, 0.3) is 0 Å². The van der Waals surface area contributed by atoms with Crippen molar-refractivity contribution >= 4 is 24.3 Å². The van der Waals surface area contributed by atoms with Crippen LogP contribution in [0.4, 0.5) is 4.79 Å². The number of benzene rings is 1. The lowest BCUT2D eigenvalue weighted by Crippen LogP contribution is -2.51. The van der Waals surface area contributed by atoms with Crippen molar-refractivity contribution in [1.29, 1.82) is 0 Å². The third-order valence-electron chi connectivity index (χ3n) is 5.59. The van der Waals surface area contributed by atoms with Crippen LogP contribution in [0.1, 0.15) is 31.4 Å². The van der Waals surface area contributed by atoms with Crippen LogP contribution in [0.5, 0.6) is 0 Å². The summed E-state index contributed by atoms with van der Waals surface area (Å²) < 4.78 is 0. The normalized spacial score (nSPS) is 21.8. The standard InChI is InChI=1S/C21H32N4O2.ClH/c1-14(2)8-19(20(26)25-12-17-10-22-11-18(17)13-25)24-21(27)23-9-16-6-4-15(3)5-7-16;/h4-7,14,17-19,22H,8-13H2,1-3H3,(H2,23,24,27);1H/t17-,18+,19?;. The second-order valence-electron chi connectivity index (χ2n) is 8.42. The predicted octanol–water partition coefficient (Wildman–Crippen LogP) is 2.31. The van der Waals surface area contributed by atoms with Gasteiger partial charge in [0.15, 0.2) is 0 Å². The number of fused-ring (bicyclic) bond motifs is 1. The summed E-state index contributed by atoms with van der Waals surface area (Å²) in [6.07, 6.45) is 0.654. The predicted molar refractivity (Wildman–Crippen MR) is 113 cm³/mol. The Kier molecular flexibility index (Phi) is 8.13. The average molecular weight is 409 g/mol. The summed E-state index contributed by atoms with van der Waals surface area (Å²) in [6, 6.07) is 7.32. The minimum absolute atomic E-state index is 0. The second kappa shape index (κ2) is 10.1. The fourth-order valence-electron chi connectivity index (χ4n) is 4.05. The van der Waals surface area contributed by atoms with E-state index in [1.165, 1.54) is 5.56 Å². The maximum Gasteiger partial charge on any atom is 0.315 e. The first kappa shape index (κ1) is 22.5. The Balaban J connectivity index is 0.00000280. The largest absolute Gasteiger partial charge is 0.340 e. The van der Waals surface area contributed by atoms with Gasteiger partial charge < -0.3 is 20.9 Å². The molecule has 0 bridgehead atoms. The van der Waals surface area contributed by atoms with Gasteiger partial charge in [-0.05, 0) is 36.7 Å². The van der Waals surface area contributed by atoms with E-state index in [0.29, 0.717) is 30.7 Å². The van der Waals surface area contributed by atoms with E-state index in [1.807, 2.05) is 36.1 Å². The molecule has 3 atom stereocenters. The SMILES string of the molecule is Cc1ccc(CNC(=O)NC(CC(C)C)C(=O)N2C[C@H]3CNC[C@H]3C2)cc1.Cl. The summed E-state index contributed by atoms with van der Waals surface area (Å²) in [4.78, 5) is 27.4. The summed E-state index contributed by atoms with van der Waals surface area (Å²) in [7, 11) is 0.